The molecule has 0 unspecified atom stereocenters. The largest absolute Gasteiger partial charge is 0.486 e. The summed E-state index contributed by atoms with van der Waals surface area (Å²) >= 11 is 9.00. The van der Waals surface area contributed by atoms with Gasteiger partial charge < -0.3 is 9.64 Å². The Morgan fingerprint density at radius 3 is 2.67 bits per heavy atom. The molecule has 0 fully saturated rings. The molecule has 1 aromatic carbocycles. The first-order valence-electron chi connectivity index (χ1n) is 8.68. The highest BCUT2D eigenvalue weighted by molar-refractivity contribution is 7.16. The minimum absolute atomic E-state index is 0.0679. The Morgan fingerprint density at radius 2 is 2.00 bits per heavy atom. The van der Waals surface area contributed by atoms with E-state index in [0.717, 1.165) is 25.7 Å². The average molecular weight is 421 g/mol. The van der Waals surface area contributed by atoms with Gasteiger partial charge in [-0.1, -0.05) is 29.3 Å². The first kappa shape index (κ1) is 19.9. The third-order valence-corrected chi connectivity index (χ3v) is 6.11. The summed E-state index contributed by atoms with van der Waals surface area (Å²) in [6, 6.07) is 11.8. The first-order valence-corrected chi connectivity index (χ1v) is 10.8. The van der Waals surface area contributed by atoms with Crippen molar-refractivity contribution in [2.24, 2.45) is 0 Å². The second-order valence-electron chi connectivity index (χ2n) is 6.12. The van der Waals surface area contributed by atoms with Crippen LogP contribution in [0, 0.1) is 6.92 Å². The Balaban J connectivity index is 1.54. The number of aromatic nitrogens is 1. The van der Waals surface area contributed by atoms with Gasteiger partial charge >= 0.3 is 0 Å². The van der Waals surface area contributed by atoms with E-state index in [-0.39, 0.29) is 5.91 Å². The standard InChI is InChI=1S/C20H21ClN2O2S2/c1-3-23(11-17-8-9-18(21)27-17)20(24)10-15-13-26-19(22-15)12-25-16-6-4-14(2)5-7-16/h4-9,13H,3,10-12H2,1-2H3. The number of hydrogen-bond donors (Lipinski definition) is 0. The zero-order chi connectivity index (χ0) is 19.2. The Labute approximate surface area is 172 Å². The first-order chi connectivity index (χ1) is 13.0. The van der Waals surface area contributed by atoms with E-state index in [9.17, 15) is 4.79 Å². The molecule has 0 bridgehead atoms. The molecule has 0 saturated carbocycles. The monoisotopic (exact) mass is 420 g/mol. The predicted molar refractivity (Wildman–Crippen MR) is 112 cm³/mol. The quantitative estimate of drug-likeness (QED) is 0.494. The summed E-state index contributed by atoms with van der Waals surface area (Å²) in [4.78, 5) is 20.1. The maximum absolute atomic E-state index is 12.6. The molecule has 4 nitrogen and oxygen atoms in total. The van der Waals surface area contributed by atoms with Crippen molar-refractivity contribution in [2.75, 3.05) is 6.54 Å². The van der Waals surface area contributed by atoms with Crippen molar-refractivity contribution in [1.82, 2.24) is 9.88 Å². The van der Waals surface area contributed by atoms with Crippen LogP contribution in [-0.4, -0.2) is 22.3 Å². The van der Waals surface area contributed by atoms with Crippen molar-refractivity contribution < 1.29 is 9.53 Å². The average Bonchev–Trinajstić information content (AvgIpc) is 3.27. The van der Waals surface area contributed by atoms with E-state index in [4.69, 9.17) is 16.3 Å². The summed E-state index contributed by atoms with van der Waals surface area (Å²) in [7, 11) is 0. The van der Waals surface area contributed by atoms with Crippen LogP contribution in [0.5, 0.6) is 5.75 Å². The van der Waals surface area contributed by atoms with Crippen molar-refractivity contribution in [3.8, 4) is 5.75 Å². The summed E-state index contributed by atoms with van der Waals surface area (Å²) in [6.45, 7) is 5.67. The van der Waals surface area contributed by atoms with Gasteiger partial charge in [-0.2, -0.15) is 0 Å². The fourth-order valence-corrected chi connectivity index (χ4v) is 4.35. The summed E-state index contributed by atoms with van der Waals surface area (Å²) in [6.07, 6.45) is 0.300. The second kappa shape index (κ2) is 9.35. The van der Waals surface area contributed by atoms with E-state index in [1.165, 1.54) is 28.2 Å². The van der Waals surface area contributed by atoms with E-state index in [2.05, 4.69) is 4.98 Å². The fraction of sp³-hybridized carbons (Fsp3) is 0.300. The molecule has 0 radical (unpaired) electrons. The SMILES string of the molecule is CCN(Cc1ccc(Cl)s1)C(=O)Cc1csc(COc2ccc(C)cc2)n1. The summed E-state index contributed by atoms with van der Waals surface area (Å²) in [5.74, 6) is 0.888. The molecule has 0 saturated heterocycles. The molecule has 0 N–H and O–H groups in total. The Morgan fingerprint density at radius 1 is 1.22 bits per heavy atom. The fourth-order valence-electron chi connectivity index (χ4n) is 2.54. The van der Waals surface area contributed by atoms with Gasteiger partial charge in [0.05, 0.1) is 23.0 Å². The highest BCUT2D eigenvalue weighted by Gasteiger charge is 2.16. The van der Waals surface area contributed by atoms with Gasteiger partial charge in [0.1, 0.15) is 17.4 Å². The molecule has 27 heavy (non-hydrogen) atoms. The number of hydrogen-bond acceptors (Lipinski definition) is 5. The molecule has 0 aliphatic rings. The number of ether oxygens (including phenoxy) is 1. The van der Waals surface area contributed by atoms with Gasteiger partial charge in [0.2, 0.25) is 5.91 Å². The number of carbonyl (C=O) groups excluding carboxylic acids is 1. The third-order valence-electron chi connectivity index (χ3n) is 4.02. The number of benzene rings is 1. The molecular formula is C20H21ClN2O2S2. The lowest BCUT2D eigenvalue weighted by Crippen LogP contribution is -2.31. The van der Waals surface area contributed by atoms with Gasteiger partial charge in [0.25, 0.3) is 0 Å². The number of halogens is 1. The minimum atomic E-state index is 0.0679. The molecular weight excluding hydrogens is 400 g/mol. The minimum Gasteiger partial charge on any atom is -0.486 e. The topological polar surface area (TPSA) is 42.4 Å². The number of carbonyl (C=O) groups is 1. The van der Waals surface area contributed by atoms with Crippen molar-refractivity contribution in [2.45, 2.75) is 33.4 Å². The van der Waals surface area contributed by atoms with Crippen LogP contribution in [-0.2, 0) is 24.4 Å². The zero-order valence-corrected chi connectivity index (χ0v) is 17.7. The molecule has 3 rings (SSSR count). The lowest BCUT2D eigenvalue weighted by atomic mass is 10.2. The van der Waals surface area contributed by atoms with Crippen LogP contribution in [0.15, 0.2) is 41.8 Å². The van der Waals surface area contributed by atoms with Crippen LogP contribution in [0.2, 0.25) is 4.34 Å². The summed E-state index contributed by atoms with van der Waals surface area (Å²) in [5.41, 5.74) is 1.98. The predicted octanol–water partition coefficient (Wildman–Crippen LogP) is 5.34. The highest BCUT2D eigenvalue weighted by Crippen LogP contribution is 2.23. The molecule has 3 aromatic rings. The van der Waals surface area contributed by atoms with Gasteiger partial charge in [0, 0.05) is 16.8 Å². The van der Waals surface area contributed by atoms with E-state index in [1.807, 2.05) is 60.5 Å². The van der Waals surface area contributed by atoms with Crippen LogP contribution in [0.3, 0.4) is 0 Å². The molecule has 2 aromatic heterocycles. The molecule has 0 aliphatic carbocycles. The van der Waals surface area contributed by atoms with E-state index >= 15 is 0 Å². The maximum Gasteiger partial charge on any atom is 0.228 e. The Hall–Kier alpha value is -1.89. The Bertz CT molecular complexity index is 890. The van der Waals surface area contributed by atoms with Gasteiger partial charge in [-0.15, -0.1) is 22.7 Å². The zero-order valence-electron chi connectivity index (χ0n) is 15.3. The second-order valence-corrected chi connectivity index (χ2v) is 8.87. The van der Waals surface area contributed by atoms with Crippen LogP contribution < -0.4 is 4.74 Å². The molecule has 0 atom stereocenters. The molecule has 0 aliphatic heterocycles. The molecule has 1 amide bonds. The number of aryl methyl sites for hydroxylation is 1. The lowest BCUT2D eigenvalue weighted by molar-refractivity contribution is -0.130. The van der Waals surface area contributed by atoms with E-state index in [1.54, 1.807) is 0 Å². The van der Waals surface area contributed by atoms with Crippen LogP contribution in [0.25, 0.3) is 0 Å². The maximum atomic E-state index is 12.6. The summed E-state index contributed by atoms with van der Waals surface area (Å²) < 4.78 is 6.50. The third kappa shape index (κ3) is 5.79. The molecule has 142 valence electrons. The van der Waals surface area contributed by atoms with Crippen molar-refractivity contribution in [1.29, 1.82) is 0 Å². The molecule has 2 heterocycles. The number of thiophene rings is 1. The molecule has 7 heteroatoms. The van der Waals surface area contributed by atoms with Crippen molar-refractivity contribution >= 4 is 40.2 Å². The van der Waals surface area contributed by atoms with Gasteiger partial charge in [-0.3, -0.25) is 4.79 Å². The van der Waals surface area contributed by atoms with E-state index in [0.29, 0.717) is 26.1 Å². The number of nitrogens with zero attached hydrogens (tertiary/aromatic N) is 2. The molecule has 0 spiro atoms. The summed E-state index contributed by atoms with van der Waals surface area (Å²) in [5, 5.41) is 2.80. The van der Waals surface area contributed by atoms with Crippen LogP contribution >= 0.6 is 34.3 Å². The number of likely N-dealkylation sites (N-methyl/N-ethyl adjacent to an activating group) is 1. The number of rotatable bonds is 8. The van der Waals surface area contributed by atoms with Crippen LogP contribution in [0.4, 0.5) is 0 Å². The van der Waals surface area contributed by atoms with Gasteiger partial charge in [0.15, 0.2) is 0 Å². The number of thiazole rings is 1. The Kier molecular flexibility index (Phi) is 6.88. The van der Waals surface area contributed by atoms with E-state index < -0.39 is 0 Å². The highest BCUT2D eigenvalue weighted by atomic mass is 35.5. The lowest BCUT2D eigenvalue weighted by Gasteiger charge is -2.19. The van der Waals surface area contributed by atoms with Crippen molar-refractivity contribution in [3.05, 3.63) is 67.3 Å². The van der Waals surface area contributed by atoms with Gasteiger partial charge in [-0.05, 0) is 38.1 Å². The van der Waals surface area contributed by atoms with Gasteiger partial charge in [-0.25, -0.2) is 4.98 Å². The normalized spacial score (nSPS) is 10.8. The smallest absolute Gasteiger partial charge is 0.228 e. The van der Waals surface area contributed by atoms with Crippen LogP contribution in [0.1, 0.15) is 28.1 Å². The number of amides is 1. The van der Waals surface area contributed by atoms with Crippen molar-refractivity contribution in [3.63, 3.8) is 0 Å².